The summed E-state index contributed by atoms with van der Waals surface area (Å²) in [5, 5.41) is 3.70. The van der Waals surface area contributed by atoms with E-state index in [0.717, 1.165) is 38.0 Å². The second-order valence-corrected chi connectivity index (χ2v) is 9.70. The maximum absolute atomic E-state index is 6.84. The molecule has 1 saturated carbocycles. The fourth-order valence-corrected chi connectivity index (χ4v) is 5.95. The van der Waals surface area contributed by atoms with Crippen molar-refractivity contribution >= 4 is 7.85 Å². The molecule has 1 N–H and O–H groups in total. The molecule has 3 nitrogen and oxygen atoms in total. The van der Waals surface area contributed by atoms with Gasteiger partial charge in [-0.1, -0.05) is 39.5 Å². The summed E-state index contributed by atoms with van der Waals surface area (Å²) in [6.07, 6.45) is 11.5. The lowest BCUT2D eigenvalue weighted by molar-refractivity contribution is -0.141. The highest BCUT2D eigenvalue weighted by atomic mass is 16.5. The summed E-state index contributed by atoms with van der Waals surface area (Å²) in [4.78, 5) is 2.84. The summed E-state index contributed by atoms with van der Waals surface area (Å²) in [6.45, 7) is 11.1. The zero-order valence-electron chi connectivity index (χ0n) is 17.0. The SMILES string of the molecule is [B]C1(NC(C)C)CCCCCCC2C(CC1)CC1(COC1)N2C(C)C. The minimum Gasteiger partial charge on any atom is -0.377 e. The number of nitrogens with one attached hydrogen (secondary N) is 1. The normalized spacial score (nSPS) is 37.0. The van der Waals surface area contributed by atoms with Crippen molar-refractivity contribution in [1.82, 2.24) is 10.2 Å². The van der Waals surface area contributed by atoms with Crippen molar-refractivity contribution in [2.24, 2.45) is 5.92 Å². The van der Waals surface area contributed by atoms with E-state index in [-0.39, 0.29) is 5.44 Å². The van der Waals surface area contributed by atoms with E-state index in [2.05, 4.69) is 37.9 Å². The minimum atomic E-state index is -0.183. The van der Waals surface area contributed by atoms with E-state index in [1.54, 1.807) is 0 Å². The zero-order valence-corrected chi connectivity index (χ0v) is 17.0. The van der Waals surface area contributed by atoms with Gasteiger partial charge in [-0.15, -0.1) is 0 Å². The van der Waals surface area contributed by atoms with Crippen LogP contribution in [-0.2, 0) is 4.74 Å². The molecule has 1 aliphatic carbocycles. The van der Waals surface area contributed by atoms with Gasteiger partial charge in [-0.3, -0.25) is 4.90 Å². The van der Waals surface area contributed by atoms with Crippen LogP contribution in [0, 0.1) is 5.92 Å². The molecule has 0 aromatic carbocycles. The van der Waals surface area contributed by atoms with E-state index < -0.39 is 0 Å². The van der Waals surface area contributed by atoms with Crippen molar-refractivity contribution < 1.29 is 4.74 Å². The number of likely N-dealkylation sites (tertiary alicyclic amines) is 1. The van der Waals surface area contributed by atoms with Crippen LogP contribution in [0.4, 0.5) is 0 Å². The van der Waals surface area contributed by atoms with Crippen LogP contribution in [0.1, 0.15) is 85.5 Å². The highest BCUT2D eigenvalue weighted by Crippen LogP contribution is 2.48. The summed E-state index contributed by atoms with van der Waals surface area (Å²) in [7, 11) is 6.84. The summed E-state index contributed by atoms with van der Waals surface area (Å²) in [5.74, 6) is 0.779. The van der Waals surface area contributed by atoms with E-state index in [1.165, 1.54) is 44.9 Å². The monoisotopic (exact) mass is 346 g/mol. The molecular formula is C21H39BN2O. The first-order valence-corrected chi connectivity index (χ1v) is 10.8. The Morgan fingerprint density at radius 3 is 2.32 bits per heavy atom. The molecule has 3 rings (SSSR count). The minimum absolute atomic E-state index is 0.183. The predicted octanol–water partition coefficient (Wildman–Crippen LogP) is 3.85. The number of hydrogen-bond acceptors (Lipinski definition) is 3. The van der Waals surface area contributed by atoms with E-state index in [1.807, 2.05) is 0 Å². The van der Waals surface area contributed by atoms with Crippen molar-refractivity contribution in [3.8, 4) is 0 Å². The van der Waals surface area contributed by atoms with Crippen LogP contribution in [0.25, 0.3) is 0 Å². The lowest BCUT2D eigenvalue weighted by atomic mass is 9.68. The smallest absolute Gasteiger partial charge is 0.0953 e. The van der Waals surface area contributed by atoms with Crippen LogP contribution in [0.5, 0.6) is 0 Å². The summed E-state index contributed by atoms with van der Waals surface area (Å²) >= 11 is 0. The van der Waals surface area contributed by atoms with Crippen LogP contribution < -0.4 is 5.32 Å². The number of nitrogens with zero attached hydrogens (tertiary/aromatic N) is 1. The third-order valence-electron chi connectivity index (χ3n) is 6.80. The highest BCUT2D eigenvalue weighted by Gasteiger charge is 2.56. The van der Waals surface area contributed by atoms with Crippen LogP contribution in [0.2, 0.25) is 0 Å². The number of ether oxygens (including phenoxy) is 1. The summed E-state index contributed by atoms with van der Waals surface area (Å²) in [5.41, 5.74) is 0.147. The van der Waals surface area contributed by atoms with Gasteiger partial charge in [0.15, 0.2) is 0 Å². The van der Waals surface area contributed by atoms with E-state index in [9.17, 15) is 0 Å². The summed E-state index contributed by atoms with van der Waals surface area (Å²) in [6, 6.07) is 1.79. The van der Waals surface area contributed by atoms with Crippen LogP contribution in [-0.4, -0.2) is 55.1 Å². The Kier molecular flexibility index (Phi) is 6.23. The van der Waals surface area contributed by atoms with Gasteiger partial charge in [-0.05, 0) is 57.3 Å². The maximum atomic E-state index is 6.84. The van der Waals surface area contributed by atoms with Gasteiger partial charge in [-0.2, -0.15) is 0 Å². The largest absolute Gasteiger partial charge is 0.377 e. The lowest BCUT2D eigenvalue weighted by Gasteiger charge is -2.49. The van der Waals surface area contributed by atoms with Gasteiger partial charge in [0, 0.05) is 18.1 Å². The standard InChI is InChI=1S/C21H39BN2O/c1-16(2)23-21(22)11-8-6-5-7-9-19-18(10-12-21)13-20(14-25-15-20)24(19)17(3)4/h16-19,23H,5-15H2,1-4H3. The number of fused-ring (bicyclic) bond motifs is 1. The Morgan fingerprint density at radius 2 is 1.72 bits per heavy atom. The van der Waals surface area contributed by atoms with E-state index in [4.69, 9.17) is 12.6 Å². The molecule has 25 heavy (non-hydrogen) atoms. The van der Waals surface area contributed by atoms with Crippen molar-refractivity contribution in [2.75, 3.05) is 13.2 Å². The molecule has 4 heteroatoms. The van der Waals surface area contributed by atoms with Gasteiger partial charge in [0.2, 0.25) is 0 Å². The molecule has 3 unspecified atom stereocenters. The van der Waals surface area contributed by atoms with Gasteiger partial charge >= 0.3 is 0 Å². The van der Waals surface area contributed by atoms with Gasteiger partial charge in [0.25, 0.3) is 0 Å². The third kappa shape index (κ3) is 4.27. The Bertz CT molecular complexity index is 438. The molecule has 2 aliphatic heterocycles. The first kappa shape index (κ1) is 19.7. The van der Waals surface area contributed by atoms with E-state index in [0.29, 0.717) is 17.6 Å². The van der Waals surface area contributed by atoms with Crippen LogP contribution in [0.3, 0.4) is 0 Å². The molecule has 0 aromatic rings. The Morgan fingerprint density at radius 1 is 1.00 bits per heavy atom. The van der Waals surface area contributed by atoms with Crippen LogP contribution >= 0.6 is 0 Å². The zero-order chi connectivity index (χ0) is 18.1. The predicted molar refractivity (Wildman–Crippen MR) is 106 cm³/mol. The fourth-order valence-electron chi connectivity index (χ4n) is 5.95. The molecule has 142 valence electrons. The Hall–Kier alpha value is -0.0551. The first-order valence-electron chi connectivity index (χ1n) is 10.8. The third-order valence-corrected chi connectivity index (χ3v) is 6.80. The molecule has 2 heterocycles. The van der Waals surface area contributed by atoms with Gasteiger partial charge in [0.05, 0.1) is 26.6 Å². The molecule has 3 fully saturated rings. The second-order valence-electron chi connectivity index (χ2n) is 9.70. The average molecular weight is 346 g/mol. The molecule has 0 amide bonds. The molecule has 3 aliphatic rings. The lowest BCUT2D eigenvalue weighted by Crippen LogP contribution is -2.62. The molecule has 0 aromatic heterocycles. The molecule has 0 bridgehead atoms. The highest BCUT2D eigenvalue weighted by molar-refractivity contribution is 6.15. The number of rotatable bonds is 3. The van der Waals surface area contributed by atoms with Crippen molar-refractivity contribution in [3.05, 3.63) is 0 Å². The average Bonchev–Trinajstić information content (AvgIpc) is 2.81. The number of hydrogen-bond donors (Lipinski definition) is 1. The van der Waals surface area contributed by atoms with Gasteiger partial charge in [0.1, 0.15) is 0 Å². The second kappa shape index (κ2) is 7.90. The maximum Gasteiger partial charge on any atom is 0.0953 e. The summed E-state index contributed by atoms with van der Waals surface area (Å²) < 4.78 is 5.69. The molecule has 3 atom stereocenters. The first-order chi connectivity index (χ1) is 11.9. The van der Waals surface area contributed by atoms with Gasteiger partial charge in [-0.25, -0.2) is 0 Å². The Balaban J connectivity index is 1.76. The van der Waals surface area contributed by atoms with Gasteiger partial charge < -0.3 is 10.1 Å². The topological polar surface area (TPSA) is 24.5 Å². The Labute approximate surface area is 157 Å². The fraction of sp³-hybridized carbons (Fsp3) is 1.00. The quantitative estimate of drug-likeness (QED) is 0.786. The van der Waals surface area contributed by atoms with Crippen molar-refractivity contribution in [2.45, 2.75) is 115 Å². The van der Waals surface area contributed by atoms with Crippen LogP contribution in [0.15, 0.2) is 0 Å². The molecular weight excluding hydrogens is 307 g/mol. The van der Waals surface area contributed by atoms with Crippen molar-refractivity contribution in [1.29, 1.82) is 0 Å². The van der Waals surface area contributed by atoms with Crippen molar-refractivity contribution in [3.63, 3.8) is 0 Å². The molecule has 2 radical (unpaired) electrons. The molecule has 1 spiro atoms. The van der Waals surface area contributed by atoms with E-state index >= 15 is 0 Å². The molecule has 2 saturated heterocycles.